The molecule has 3 aromatic rings. The summed E-state index contributed by atoms with van der Waals surface area (Å²) in [6, 6.07) is 19.7. The Labute approximate surface area is 169 Å². The summed E-state index contributed by atoms with van der Waals surface area (Å²) in [5.74, 6) is 0.406. The normalized spacial score (nSPS) is 10.8. The second kappa shape index (κ2) is 8.66. The van der Waals surface area contributed by atoms with Crippen LogP contribution in [0.25, 0.3) is 0 Å². The van der Waals surface area contributed by atoms with Gasteiger partial charge in [0, 0.05) is 11.4 Å². The van der Waals surface area contributed by atoms with Gasteiger partial charge in [0.2, 0.25) is 0 Å². The van der Waals surface area contributed by atoms with Gasteiger partial charge in [-0.2, -0.15) is 0 Å². The third-order valence-electron chi connectivity index (χ3n) is 4.15. The fourth-order valence-electron chi connectivity index (χ4n) is 2.64. The third kappa shape index (κ3) is 5.05. The summed E-state index contributed by atoms with van der Waals surface area (Å²) in [7, 11) is -2.42. The highest BCUT2D eigenvalue weighted by Gasteiger charge is 2.18. The van der Waals surface area contributed by atoms with Crippen LogP contribution in [-0.4, -0.2) is 21.6 Å². The number of aryl methyl sites for hydroxylation is 1. The molecule has 7 nitrogen and oxygen atoms in total. The Hall–Kier alpha value is -3.52. The molecular formula is C21H21N3O4S. The highest BCUT2D eigenvalue weighted by atomic mass is 32.2. The van der Waals surface area contributed by atoms with Crippen LogP contribution in [0.5, 0.6) is 5.75 Å². The maximum atomic E-state index is 12.8. The molecule has 29 heavy (non-hydrogen) atoms. The standard InChI is InChI=1S/C21H21N3O4S/c1-15-12-13-17(29(26,27)24-18-10-6-7-11-20(18)28-2)14-19(15)23-21(25)22-16-8-4-3-5-9-16/h3-14,24H,1-2H3,(H2,22,23,25). The van der Waals surface area contributed by atoms with Crippen LogP contribution in [0, 0.1) is 6.92 Å². The minimum Gasteiger partial charge on any atom is -0.495 e. The van der Waals surface area contributed by atoms with Crippen molar-refractivity contribution in [3.8, 4) is 5.75 Å². The Morgan fingerprint density at radius 3 is 2.28 bits per heavy atom. The fraction of sp³-hybridized carbons (Fsp3) is 0.0952. The number of para-hydroxylation sites is 3. The van der Waals surface area contributed by atoms with Crippen LogP contribution in [0.1, 0.15) is 5.56 Å². The molecule has 8 heteroatoms. The minimum absolute atomic E-state index is 0.0176. The molecule has 0 atom stereocenters. The van der Waals surface area contributed by atoms with Gasteiger partial charge in [0.25, 0.3) is 10.0 Å². The Bertz CT molecular complexity index is 1120. The molecule has 3 aromatic carbocycles. The molecule has 0 aromatic heterocycles. The second-order valence-corrected chi connectivity index (χ2v) is 7.91. The maximum Gasteiger partial charge on any atom is 0.323 e. The Kier molecular flexibility index (Phi) is 6.04. The van der Waals surface area contributed by atoms with Gasteiger partial charge in [-0.3, -0.25) is 4.72 Å². The Morgan fingerprint density at radius 2 is 1.55 bits per heavy atom. The van der Waals surface area contributed by atoms with Gasteiger partial charge in [0.05, 0.1) is 17.7 Å². The van der Waals surface area contributed by atoms with Crippen LogP contribution in [0.15, 0.2) is 77.7 Å². The summed E-state index contributed by atoms with van der Waals surface area (Å²) in [5, 5.41) is 5.39. The SMILES string of the molecule is COc1ccccc1NS(=O)(=O)c1ccc(C)c(NC(=O)Nc2ccccc2)c1. The van der Waals surface area contributed by atoms with Gasteiger partial charge >= 0.3 is 6.03 Å². The fourth-order valence-corrected chi connectivity index (χ4v) is 3.74. The first-order valence-electron chi connectivity index (χ1n) is 8.78. The molecule has 0 aliphatic carbocycles. The minimum atomic E-state index is -3.88. The second-order valence-electron chi connectivity index (χ2n) is 6.23. The average Bonchev–Trinajstić information content (AvgIpc) is 2.70. The van der Waals surface area contributed by atoms with E-state index >= 15 is 0 Å². The summed E-state index contributed by atoms with van der Waals surface area (Å²) < 4.78 is 33.3. The summed E-state index contributed by atoms with van der Waals surface area (Å²) in [6.07, 6.45) is 0. The van der Waals surface area contributed by atoms with E-state index in [9.17, 15) is 13.2 Å². The van der Waals surface area contributed by atoms with Crippen molar-refractivity contribution in [1.29, 1.82) is 0 Å². The topological polar surface area (TPSA) is 96.5 Å². The first-order valence-corrected chi connectivity index (χ1v) is 10.3. The number of amides is 2. The van der Waals surface area contributed by atoms with Crippen molar-refractivity contribution in [2.75, 3.05) is 22.5 Å². The van der Waals surface area contributed by atoms with E-state index in [1.807, 2.05) is 6.07 Å². The number of hydrogen-bond donors (Lipinski definition) is 3. The van der Waals surface area contributed by atoms with E-state index in [0.717, 1.165) is 5.56 Å². The number of methoxy groups -OCH3 is 1. The molecule has 3 rings (SSSR count). The predicted octanol–water partition coefficient (Wildman–Crippen LogP) is 4.45. The zero-order chi connectivity index (χ0) is 20.9. The zero-order valence-corrected chi connectivity index (χ0v) is 16.8. The number of hydrogen-bond acceptors (Lipinski definition) is 4. The predicted molar refractivity (Wildman–Crippen MR) is 114 cm³/mol. The van der Waals surface area contributed by atoms with E-state index in [2.05, 4.69) is 15.4 Å². The van der Waals surface area contributed by atoms with Gasteiger partial charge in [0.15, 0.2) is 0 Å². The number of rotatable bonds is 6. The summed E-state index contributed by atoms with van der Waals surface area (Å²) in [5.41, 5.74) is 2.07. The molecule has 0 saturated heterocycles. The monoisotopic (exact) mass is 411 g/mol. The first kappa shape index (κ1) is 20.2. The maximum absolute atomic E-state index is 12.8. The smallest absolute Gasteiger partial charge is 0.323 e. The van der Waals surface area contributed by atoms with E-state index in [4.69, 9.17) is 4.74 Å². The number of anilines is 3. The summed E-state index contributed by atoms with van der Waals surface area (Å²) in [4.78, 5) is 12.3. The van der Waals surface area contributed by atoms with Gasteiger partial charge in [-0.05, 0) is 48.9 Å². The van der Waals surface area contributed by atoms with Crippen molar-refractivity contribution in [2.45, 2.75) is 11.8 Å². The lowest BCUT2D eigenvalue weighted by molar-refractivity contribution is 0.262. The van der Waals surface area contributed by atoms with Gasteiger partial charge < -0.3 is 15.4 Å². The Morgan fingerprint density at radius 1 is 0.862 bits per heavy atom. The number of urea groups is 1. The molecule has 0 saturated carbocycles. The summed E-state index contributed by atoms with van der Waals surface area (Å²) >= 11 is 0. The van der Waals surface area contributed by atoms with Crippen molar-refractivity contribution in [1.82, 2.24) is 0 Å². The van der Waals surface area contributed by atoms with Crippen molar-refractivity contribution >= 4 is 33.1 Å². The highest BCUT2D eigenvalue weighted by Crippen LogP contribution is 2.27. The molecule has 0 aliphatic heterocycles. The molecule has 0 unspecified atom stereocenters. The molecule has 0 heterocycles. The lowest BCUT2D eigenvalue weighted by atomic mass is 10.2. The van der Waals surface area contributed by atoms with Crippen LogP contribution in [0.3, 0.4) is 0 Å². The van der Waals surface area contributed by atoms with Crippen LogP contribution >= 0.6 is 0 Å². The van der Waals surface area contributed by atoms with Crippen molar-refractivity contribution in [2.24, 2.45) is 0 Å². The molecule has 2 amide bonds. The lowest BCUT2D eigenvalue weighted by Gasteiger charge is -2.14. The number of sulfonamides is 1. The van der Waals surface area contributed by atoms with Crippen LogP contribution in [-0.2, 0) is 10.0 Å². The quantitative estimate of drug-likeness (QED) is 0.558. The van der Waals surface area contributed by atoms with Gasteiger partial charge in [-0.1, -0.05) is 36.4 Å². The molecule has 0 radical (unpaired) electrons. The molecule has 0 spiro atoms. The summed E-state index contributed by atoms with van der Waals surface area (Å²) in [6.45, 7) is 1.78. The number of carbonyl (C=O) groups excluding carboxylic acids is 1. The van der Waals surface area contributed by atoms with Crippen molar-refractivity contribution in [3.05, 3.63) is 78.4 Å². The molecule has 3 N–H and O–H groups in total. The lowest BCUT2D eigenvalue weighted by Crippen LogP contribution is -2.20. The number of nitrogens with one attached hydrogen (secondary N) is 3. The third-order valence-corrected chi connectivity index (χ3v) is 5.51. The van der Waals surface area contributed by atoms with Gasteiger partial charge in [0.1, 0.15) is 5.75 Å². The number of benzene rings is 3. The van der Waals surface area contributed by atoms with E-state index in [1.165, 1.54) is 19.2 Å². The number of carbonyl (C=O) groups is 1. The van der Waals surface area contributed by atoms with Crippen LogP contribution in [0.2, 0.25) is 0 Å². The van der Waals surface area contributed by atoms with Crippen molar-refractivity contribution < 1.29 is 17.9 Å². The largest absolute Gasteiger partial charge is 0.495 e. The van der Waals surface area contributed by atoms with E-state index in [-0.39, 0.29) is 4.90 Å². The van der Waals surface area contributed by atoms with Crippen LogP contribution < -0.4 is 20.1 Å². The zero-order valence-electron chi connectivity index (χ0n) is 16.0. The van der Waals surface area contributed by atoms with Gasteiger partial charge in [-0.25, -0.2) is 13.2 Å². The Balaban J connectivity index is 1.81. The van der Waals surface area contributed by atoms with E-state index in [0.29, 0.717) is 22.8 Å². The molecular weight excluding hydrogens is 390 g/mol. The first-order chi connectivity index (χ1) is 13.9. The van der Waals surface area contributed by atoms with Crippen LogP contribution in [0.4, 0.5) is 21.9 Å². The molecule has 0 bridgehead atoms. The molecule has 150 valence electrons. The number of ether oxygens (including phenoxy) is 1. The molecule has 0 fully saturated rings. The van der Waals surface area contributed by atoms with Crippen molar-refractivity contribution in [3.63, 3.8) is 0 Å². The highest BCUT2D eigenvalue weighted by molar-refractivity contribution is 7.92. The molecule has 0 aliphatic rings. The van der Waals surface area contributed by atoms with Gasteiger partial charge in [-0.15, -0.1) is 0 Å². The van der Waals surface area contributed by atoms with E-state index in [1.54, 1.807) is 61.5 Å². The van der Waals surface area contributed by atoms with E-state index < -0.39 is 16.1 Å². The average molecular weight is 411 g/mol.